The van der Waals surface area contributed by atoms with Crippen LogP contribution in [-0.4, -0.2) is 36.4 Å². The molecule has 0 aliphatic heterocycles. The lowest BCUT2D eigenvalue weighted by Crippen LogP contribution is -2.28. The van der Waals surface area contributed by atoms with Gasteiger partial charge in [0.2, 0.25) is 12.1 Å². The maximum atomic E-state index is 13.5. The topological polar surface area (TPSA) is 72.8 Å². The van der Waals surface area contributed by atoms with Crippen molar-refractivity contribution in [1.29, 1.82) is 0 Å². The summed E-state index contributed by atoms with van der Waals surface area (Å²) < 4.78 is 23.7. The van der Waals surface area contributed by atoms with Crippen molar-refractivity contribution in [3.63, 3.8) is 0 Å². The average molecular weight is 270 g/mol. The molecule has 0 aliphatic rings. The molecule has 1 aromatic carbocycles. The highest BCUT2D eigenvalue weighted by Gasteiger charge is 2.22. The van der Waals surface area contributed by atoms with E-state index in [9.17, 15) is 14.0 Å². The van der Waals surface area contributed by atoms with Gasteiger partial charge in [-0.05, 0) is 26.0 Å². The minimum atomic E-state index is -1.39. The predicted molar refractivity (Wildman–Crippen MR) is 64.7 cm³/mol. The molecule has 0 fully saturated rings. The van der Waals surface area contributed by atoms with E-state index in [4.69, 9.17) is 14.6 Å². The maximum absolute atomic E-state index is 13.5. The molecule has 5 nitrogen and oxygen atoms in total. The van der Waals surface area contributed by atoms with Gasteiger partial charge in [0.15, 0.2) is 0 Å². The zero-order valence-electron chi connectivity index (χ0n) is 10.7. The number of carbonyl (C=O) groups is 2. The Hall–Kier alpha value is -1.79. The summed E-state index contributed by atoms with van der Waals surface area (Å²) >= 11 is 0. The number of Topliss-reactive ketones (excluding diaryl/α,β-unsaturated/α-hetero) is 1. The molecule has 0 bridgehead atoms. The van der Waals surface area contributed by atoms with E-state index in [2.05, 4.69) is 0 Å². The van der Waals surface area contributed by atoms with E-state index in [0.29, 0.717) is 0 Å². The van der Waals surface area contributed by atoms with Crippen LogP contribution in [0.2, 0.25) is 0 Å². The summed E-state index contributed by atoms with van der Waals surface area (Å²) in [5, 5.41) is 8.70. The van der Waals surface area contributed by atoms with Crippen LogP contribution in [0.25, 0.3) is 0 Å². The van der Waals surface area contributed by atoms with E-state index < -0.39 is 29.4 Å². The number of aromatic carboxylic acids is 1. The Bertz CT molecular complexity index is 466. The predicted octanol–water partition coefficient (Wildman–Crippen LogP) is 2.11. The molecule has 1 aromatic rings. The fourth-order valence-electron chi connectivity index (χ4n) is 1.48. The normalized spacial score (nSPS) is 10.7. The molecular weight excluding hydrogens is 255 g/mol. The highest BCUT2D eigenvalue weighted by molar-refractivity contribution is 5.99. The van der Waals surface area contributed by atoms with Gasteiger partial charge >= 0.3 is 5.97 Å². The van der Waals surface area contributed by atoms with Gasteiger partial charge in [0, 0.05) is 18.8 Å². The molecule has 1 N–H and O–H groups in total. The molecule has 1 rings (SSSR count). The van der Waals surface area contributed by atoms with Gasteiger partial charge in [-0.2, -0.15) is 0 Å². The van der Waals surface area contributed by atoms with Crippen molar-refractivity contribution in [2.45, 2.75) is 20.1 Å². The molecule has 0 amide bonds. The molecule has 0 atom stereocenters. The van der Waals surface area contributed by atoms with Gasteiger partial charge < -0.3 is 14.6 Å². The van der Waals surface area contributed by atoms with Crippen molar-refractivity contribution in [2.24, 2.45) is 0 Å². The van der Waals surface area contributed by atoms with Crippen LogP contribution in [0, 0.1) is 5.82 Å². The van der Waals surface area contributed by atoms with Crippen molar-refractivity contribution in [2.75, 3.05) is 13.2 Å². The third-order valence-corrected chi connectivity index (χ3v) is 2.33. The van der Waals surface area contributed by atoms with Crippen LogP contribution in [0.3, 0.4) is 0 Å². The summed E-state index contributed by atoms with van der Waals surface area (Å²) in [6.07, 6.45) is -1.11. The molecule has 6 heteroatoms. The summed E-state index contributed by atoms with van der Waals surface area (Å²) in [6, 6.07) is 3.15. The van der Waals surface area contributed by atoms with Crippen molar-refractivity contribution in [1.82, 2.24) is 0 Å². The monoisotopic (exact) mass is 270 g/mol. The molecule has 19 heavy (non-hydrogen) atoms. The first-order chi connectivity index (χ1) is 9.01. The zero-order chi connectivity index (χ0) is 14.4. The molecule has 0 saturated carbocycles. The van der Waals surface area contributed by atoms with Crippen LogP contribution < -0.4 is 0 Å². The minimum Gasteiger partial charge on any atom is -0.478 e. The number of carboxylic acids is 1. The third kappa shape index (κ3) is 3.84. The van der Waals surface area contributed by atoms with E-state index in [1.165, 1.54) is 6.07 Å². The number of halogens is 1. The summed E-state index contributed by atoms with van der Waals surface area (Å²) in [7, 11) is 0. The van der Waals surface area contributed by atoms with Crippen LogP contribution in [0.5, 0.6) is 0 Å². The molecule has 0 saturated heterocycles. The SMILES string of the molecule is CCOC(OCC)C(=O)c1ccc(C(=O)O)c(F)c1. The molecule has 0 radical (unpaired) electrons. The lowest BCUT2D eigenvalue weighted by Gasteiger charge is -2.15. The Morgan fingerprint density at radius 1 is 1.26 bits per heavy atom. The van der Waals surface area contributed by atoms with Gasteiger partial charge in [0.05, 0.1) is 5.56 Å². The first-order valence-electron chi connectivity index (χ1n) is 5.81. The quantitative estimate of drug-likeness (QED) is 0.606. The van der Waals surface area contributed by atoms with Gasteiger partial charge in [-0.15, -0.1) is 0 Å². The van der Waals surface area contributed by atoms with Gasteiger partial charge in [0.25, 0.3) is 0 Å². The van der Waals surface area contributed by atoms with Crippen LogP contribution in [-0.2, 0) is 9.47 Å². The number of carbonyl (C=O) groups excluding carboxylic acids is 1. The maximum Gasteiger partial charge on any atom is 0.338 e. The van der Waals surface area contributed by atoms with E-state index in [-0.39, 0.29) is 18.8 Å². The average Bonchev–Trinajstić information content (AvgIpc) is 2.37. The van der Waals surface area contributed by atoms with E-state index in [1.54, 1.807) is 13.8 Å². The number of hydrogen-bond donors (Lipinski definition) is 1. The molecule has 0 aromatic heterocycles. The summed E-state index contributed by atoms with van der Waals surface area (Å²) in [4.78, 5) is 22.7. The number of carboxylic acid groups (broad SMARTS) is 1. The first-order valence-corrected chi connectivity index (χ1v) is 5.81. The fourth-order valence-corrected chi connectivity index (χ4v) is 1.48. The van der Waals surface area contributed by atoms with Crippen molar-refractivity contribution in [3.8, 4) is 0 Å². The molecule has 0 heterocycles. The molecule has 104 valence electrons. The highest BCUT2D eigenvalue weighted by Crippen LogP contribution is 2.14. The largest absolute Gasteiger partial charge is 0.478 e. The van der Waals surface area contributed by atoms with Crippen molar-refractivity contribution < 1.29 is 28.6 Å². The second-order valence-electron chi connectivity index (χ2n) is 3.61. The number of ether oxygens (including phenoxy) is 2. The van der Waals surface area contributed by atoms with E-state index >= 15 is 0 Å². The van der Waals surface area contributed by atoms with E-state index in [0.717, 1.165) is 12.1 Å². The van der Waals surface area contributed by atoms with Gasteiger partial charge in [-0.3, -0.25) is 4.79 Å². The Labute approximate surface area is 109 Å². The Kier molecular flexibility index (Phi) is 5.59. The van der Waals surface area contributed by atoms with Crippen LogP contribution >= 0.6 is 0 Å². The lowest BCUT2D eigenvalue weighted by molar-refractivity contribution is -0.107. The van der Waals surface area contributed by atoms with Gasteiger partial charge in [0.1, 0.15) is 5.82 Å². The number of hydrogen-bond acceptors (Lipinski definition) is 4. The Balaban J connectivity index is 2.98. The standard InChI is InChI=1S/C13H15FO5/c1-3-18-13(19-4-2)11(15)8-5-6-9(12(16)17)10(14)7-8/h5-7,13H,3-4H2,1-2H3,(H,16,17). The number of ketones is 1. The smallest absolute Gasteiger partial charge is 0.338 e. The minimum absolute atomic E-state index is 0.00870. The number of rotatable bonds is 7. The molecule has 0 spiro atoms. The molecule has 0 unspecified atom stereocenters. The zero-order valence-corrected chi connectivity index (χ0v) is 10.7. The van der Waals surface area contributed by atoms with Crippen LogP contribution in [0.15, 0.2) is 18.2 Å². The second kappa shape index (κ2) is 6.96. The fraction of sp³-hybridized carbons (Fsp3) is 0.385. The highest BCUT2D eigenvalue weighted by atomic mass is 19.1. The first kappa shape index (κ1) is 15.3. The third-order valence-electron chi connectivity index (χ3n) is 2.33. The lowest BCUT2D eigenvalue weighted by atomic mass is 10.1. The summed E-state index contributed by atoms with van der Waals surface area (Å²) in [5.41, 5.74) is -0.477. The van der Waals surface area contributed by atoms with Gasteiger partial charge in [-0.25, -0.2) is 9.18 Å². The Morgan fingerprint density at radius 3 is 2.26 bits per heavy atom. The van der Waals surface area contributed by atoms with Crippen LogP contribution in [0.1, 0.15) is 34.6 Å². The van der Waals surface area contributed by atoms with Crippen LogP contribution in [0.4, 0.5) is 4.39 Å². The second-order valence-corrected chi connectivity index (χ2v) is 3.61. The van der Waals surface area contributed by atoms with Crippen molar-refractivity contribution >= 4 is 11.8 Å². The van der Waals surface area contributed by atoms with Gasteiger partial charge in [-0.1, -0.05) is 6.07 Å². The van der Waals surface area contributed by atoms with E-state index in [1.807, 2.05) is 0 Å². The molecular formula is C13H15FO5. The van der Waals surface area contributed by atoms with Crippen molar-refractivity contribution in [3.05, 3.63) is 35.1 Å². The number of benzene rings is 1. The Morgan fingerprint density at radius 2 is 1.84 bits per heavy atom. The molecule has 0 aliphatic carbocycles. The summed E-state index contributed by atoms with van der Waals surface area (Å²) in [6.45, 7) is 3.94. The summed E-state index contributed by atoms with van der Waals surface area (Å²) in [5.74, 6) is -2.90.